The summed E-state index contributed by atoms with van der Waals surface area (Å²) in [7, 11) is 1.46. The molecule has 100 valence electrons. The first-order valence-corrected chi connectivity index (χ1v) is 5.70. The lowest BCUT2D eigenvalue weighted by molar-refractivity contribution is -0.143. The van der Waals surface area contributed by atoms with Crippen LogP contribution in [0.5, 0.6) is 0 Å². The maximum Gasteiger partial charge on any atom is 0.326 e. The van der Waals surface area contributed by atoms with Crippen molar-refractivity contribution in [2.45, 2.75) is 33.7 Å². The number of carbonyl (C=O) groups is 2. The Bertz CT molecular complexity index is 465. The summed E-state index contributed by atoms with van der Waals surface area (Å²) in [5.41, 5.74) is 0.807. The molecule has 18 heavy (non-hydrogen) atoms. The van der Waals surface area contributed by atoms with Crippen molar-refractivity contribution in [3.05, 3.63) is 17.0 Å². The van der Waals surface area contributed by atoms with Gasteiger partial charge in [0.2, 0.25) is 0 Å². The summed E-state index contributed by atoms with van der Waals surface area (Å²) < 4.78 is 4.92. The first-order chi connectivity index (χ1) is 8.27. The summed E-state index contributed by atoms with van der Waals surface area (Å²) in [6, 6.07) is -0.881. The number of carbonyl (C=O) groups excluding carboxylic acids is 1. The molecule has 1 amide bonds. The van der Waals surface area contributed by atoms with Crippen LogP contribution in [0.1, 0.15) is 35.7 Å². The van der Waals surface area contributed by atoms with E-state index in [1.807, 2.05) is 0 Å². The van der Waals surface area contributed by atoms with Gasteiger partial charge in [-0.1, -0.05) is 19.0 Å². The van der Waals surface area contributed by atoms with Crippen molar-refractivity contribution in [2.75, 3.05) is 7.05 Å². The number of carboxylic acids is 1. The van der Waals surface area contributed by atoms with Crippen LogP contribution >= 0.6 is 0 Å². The molecule has 1 aromatic heterocycles. The highest BCUT2D eigenvalue weighted by molar-refractivity contribution is 5.96. The van der Waals surface area contributed by atoms with Gasteiger partial charge in [0.25, 0.3) is 5.91 Å². The zero-order chi connectivity index (χ0) is 14.0. The molecular formula is C12H18N2O4. The number of carboxylic acid groups (broad SMARTS) is 1. The Labute approximate surface area is 106 Å². The van der Waals surface area contributed by atoms with Gasteiger partial charge in [0.1, 0.15) is 11.8 Å². The van der Waals surface area contributed by atoms with Gasteiger partial charge in [0.05, 0.1) is 0 Å². The second-order valence-electron chi connectivity index (χ2n) is 4.66. The van der Waals surface area contributed by atoms with E-state index in [9.17, 15) is 9.59 Å². The lowest BCUT2D eigenvalue weighted by atomic mass is 10.0. The van der Waals surface area contributed by atoms with Crippen molar-refractivity contribution in [3.63, 3.8) is 0 Å². The third-order valence-electron chi connectivity index (χ3n) is 2.98. The van der Waals surface area contributed by atoms with Gasteiger partial charge in [-0.05, 0) is 19.8 Å². The molecule has 0 aromatic carbocycles. The molecule has 0 radical (unpaired) electrons. The molecule has 0 fully saturated rings. The monoisotopic (exact) mass is 254 g/mol. The molecule has 0 bridgehead atoms. The molecule has 1 rings (SSSR count). The fourth-order valence-corrected chi connectivity index (χ4v) is 1.81. The van der Waals surface area contributed by atoms with Gasteiger partial charge in [-0.15, -0.1) is 0 Å². The Morgan fingerprint density at radius 3 is 2.22 bits per heavy atom. The minimum atomic E-state index is -1.03. The zero-order valence-corrected chi connectivity index (χ0v) is 11.2. The predicted molar refractivity (Wildman–Crippen MR) is 64.3 cm³/mol. The Morgan fingerprint density at radius 2 is 1.89 bits per heavy atom. The van der Waals surface area contributed by atoms with Gasteiger partial charge in [0.15, 0.2) is 5.69 Å². The molecule has 1 atom stereocenters. The van der Waals surface area contributed by atoms with E-state index < -0.39 is 17.9 Å². The predicted octanol–water partition coefficient (Wildman–Crippen LogP) is 1.47. The van der Waals surface area contributed by atoms with Crippen LogP contribution in [0.3, 0.4) is 0 Å². The molecule has 0 spiro atoms. The lowest BCUT2D eigenvalue weighted by Gasteiger charge is -2.27. The van der Waals surface area contributed by atoms with Crippen molar-refractivity contribution < 1.29 is 19.2 Å². The molecule has 1 N–H and O–H groups in total. The second kappa shape index (κ2) is 5.20. The van der Waals surface area contributed by atoms with Crippen LogP contribution < -0.4 is 0 Å². The molecule has 0 saturated carbocycles. The summed E-state index contributed by atoms with van der Waals surface area (Å²) in [6.45, 7) is 6.93. The lowest BCUT2D eigenvalue weighted by Crippen LogP contribution is -2.45. The zero-order valence-electron chi connectivity index (χ0n) is 11.2. The normalized spacial score (nSPS) is 12.6. The average Bonchev–Trinajstić information content (AvgIpc) is 2.57. The van der Waals surface area contributed by atoms with Crippen LogP contribution in [-0.4, -0.2) is 40.1 Å². The average molecular weight is 254 g/mol. The third kappa shape index (κ3) is 2.52. The molecule has 6 nitrogen and oxygen atoms in total. The van der Waals surface area contributed by atoms with Crippen molar-refractivity contribution in [2.24, 2.45) is 5.92 Å². The van der Waals surface area contributed by atoms with E-state index in [-0.39, 0.29) is 11.6 Å². The highest BCUT2D eigenvalue weighted by Crippen LogP contribution is 2.17. The molecule has 0 aliphatic heterocycles. The Kier molecular flexibility index (Phi) is 4.11. The molecule has 0 aliphatic carbocycles. The summed E-state index contributed by atoms with van der Waals surface area (Å²) in [6.07, 6.45) is 0. The molecular weight excluding hydrogens is 236 g/mol. The van der Waals surface area contributed by atoms with Gasteiger partial charge < -0.3 is 14.5 Å². The number of likely N-dealkylation sites (N-methyl/N-ethyl adjacent to an activating group) is 1. The third-order valence-corrected chi connectivity index (χ3v) is 2.98. The Hall–Kier alpha value is -1.85. The van der Waals surface area contributed by atoms with Gasteiger partial charge in [-0.2, -0.15) is 0 Å². The number of hydrogen-bond acceptors (Lipinski definition) is 4. The number of aromatic nitrogens is 1. The minimum Gasteiger partial charge on any atom is -0.480 e. The van der Waals surface area contributed by atoms with Crippen LogP contribution in [-0.2, 0) is 4.79 Å². The van der Waals surface area contributed by atoms with Crippen molar-refractivity contribution in [3.8, 4) is 0 Å². The van der Waals surface area contributed by atoms with E-state index in [0.717, 1.165) is 0 Å². The topological polar surface area (TPSA) is 83.6 Å². The van der Waals surface area contributed by atoms with Crippen molar-refractivity contribution >= 4 is 11.9 Å². The Morgan fingerprint density at radius 1 is 1.33 bits per heavy atom. The molecule has 1 unspecified atom stereocenters. The van der Waals surface area contributed by atoms with E-state index in [0.29, 0.717) is 11.3 Å². The van der Waals surface area contributed by atoms with E-state index in [1.54, 1.807) is 27.7 Å². The van der Waals surface area contributed by atoms with Gasteiger partial charge in [0, 0.05) is 12.6 Å². The van der Waals surface area contributed by atoms with Crippen molar-refractivity contribution in [1.82, 2.24) is 10.1 Å². The van der Waals surface area contributed by atoms with Gasteiger partial charge in [-0.3, -0.25) is 4.79 Å². The van der Waals surface area contributed by atoms with Crippen LogP contribution in [0.2, 0.25) is 0 Å². The molecule has 6 heteroatoms. The van der Waals surface area contributed by atoms with Gasteiger partial charge in [-0.25, -0.2) is 4.79 Å². The highest BCUT2D eigenvalue weighted by Gasteiger charge is 2.32. The van der Waals surface area contributed by atoms with E-state index in [1.165, 1.54) is 11.9 Å². The number of aliphatic carboxylic acids is 1. The first-order valence-electron chi connectivity index (χ1n) is 5.70. The second-order valence-corrected chi connectivity index (χ2v) is 4.66. The largest absolute Gasteiger partial charge is 0.480 e. The standard InChI is InChI=1S/C12H18N2O4/c1-6(2)10(12(16)17)14(5)11(15)9-7(3)8(4)18-13-9/h6,10H,1-5H3,(H,16,17). The fraction of sp³-hybridized carbons (Fsp3) is 0.583. The molecule has 0 aliphatic rings. The van der Waals surface area contributed by atoms with Crippen LogP contribution in [0.25, 0.3) is 0 Å². The van der Waals surface area contributed by atoms with Crippen LogP contribution in [0, 0.1) is 19.8 Å². The van der Waals surface area contributed by atoms with Crippen LogP contribution in [0.4, 0.5) is 0 Å². The number of rotatable bonds is 4. The van der Waals surface area contributed by atoms with E-state index in [4.69, 9.17) is 9.63 Å². The summed E-state index contributed by atoms with van der Waals surface area (Å²) >= 11 is 0. The van der Waals surface area contributed by atoms with E-state index in [2.05, 4.69) is 5.16 Å². The smallest absolute Gasteiger partial charge is 0.326 e. The number of amides is 1. The number of hydrogen-bond donors (Lipinski definition) is 1. The van der Waals surface area contributed by atoms with E-state index >= 15 is 0 Å². The first kappa shape index (κ1) is 14.2. The summed E-state index contributed by atoms with van der Waals surface area (Å²) in [5.74, 6) is -1.10. The number of nitrogens with zero attached hydrogens (tertiary/aromatic N) is 2. The molecule has 1 aromatic rings. The number of aryl methyl sites for hydroxylation is 1. The SMILES string of the molecule is Cc1onc(C(=O)N(C)C(C(=O)O)C(C)C)c1C. The minimum absolute atomic E-state index is 0.168. The summed E-state index contributed by atoms with van der Waals surface area (Å²) in [5, 5.41) is 12.8. The summed E-state index contributed by atoms with van der Waals surface area (Å²) in [4.78, 5) is 24.5. The van der Waals surface area contributed by atoms with Gasteiger partial charge >= 0.3 is 5.97 Å². The maximum absolute atomic E-state index is 12.2. The molecule has 0 saturated heterocycles. The quantitative estimate of drug-likeness (QED) is 0.879. The fourth-order valence-electron chi connectivity index (χ4n) is 1.81. The maximum atomic E-state index is 12.2. The molecule has 1 heterocycles. The van der Waals surface area contributed by atoms with Crippen molar-refractivity contribution in [1.29, 1.82) is 0 Å². The van der Waals surface area contributed by atoms with Crippen LogP contribution in [0.15, 0.2) is 4.52 Å². The Balaban J connectivity index is 3.03. The highest BCUT2D eigenvalue weighted by atomic mass is 16.5.